The van der Waals surface area contributed by atoms with Gasteiger partial charge in [0.2, 0.25) is 0 Å². The minimum absolute atomic E-state index is 0.102. The van der Waals surface area contributed by atoms with Crippen LogP contribution in [0.3, 0.4) is 0 Å². The first kappa shape index (κ1) is 19.7. The van der Waals surface area contributed by atoms with E-state index in [1.807, 2.05) is 12.1 Å². The fraction of sp³-hybridized carbons (Fsp3) is 0.556. The van der Waals surface area contributed by atoms with Crippen molar-refractivity contribution in [2.24, 2.45) is 5.10 Å². The zero-order valence-electron chi connectivity index (χ0n) is 15.9. The van der Waals surface area contributed by atoms with Crippen molar-refractivity contribution in [2.75, 3.05) is 31.6 Å². The van der Waals surface area contributed by atoms with Crippen molar-refractivity contribution in [3.63, 3.8) is 0 Å². The molecule has 1 aliphatic heterocycles. The quantitative estimate of drug-likeness (QED) is 0.829. The average Bonchev–Trinajstić information content (AvgIpc) is 2.59. The van der Waals surface area contributed by atoms with Crippen LogP contribution < -0.4 is 10.3 Å². The largest absolute Gasteiger partial charge is 0.444 e. The van der Waals surface area contributed by atoms with E-state index >= 15 is 0 Å². The van der Waals surface area contributed by atoms with E-state index in [0.29, 0.717) is 0 Å². The normalized spacial score (nSPS) is 14.6. The molecule has 0 radical (unpaired) electrons. The second-order valence-corrected chi connectivity index (χ2v) is 7.24. The van der Waals surface area contributed by atoms with E-state index in [0.717, 1.165) is 37.3 Å². The molecule has 1 aliphatic rings. The van der Waals surface area contributed by atoms with Crippen LogP contribution in [0.1, 0.15) is 33.6 Å². The lowest BCUT2D eigenvalue weighted by molar-refractivity contribution is -0.122. The van der Waals surface area contributed by atoms with E-state index in [2.05, 4.69) is 20.4 Å². The number of nitrogens with one attached hydrogen (secondary N) is 1. The minimum Gasteiger partial charge on any atom is -0.444 e. The van der Waals surface area contributed by atoms with Crippen LogP contribution in [0, 0.1) is 0 Å². The third kappa shape index (κ3) is 6.34. The van der Waals surface area contributed by atoms with Crippen LogP contribution in [0.4, 0.5) is 10.5 Å². The number of pyridine rings is 1. The standard InChI is InChI=1S/C18H27N5O3/c1-18(2,3)26-17(25)22(4)13-16(24)21-20-14-7-11-23(12-8-14)15-5-9-19-10-6-15/h5-6,9-10H,7-8,11-13H2,1-4H3,(H,21,24). The number of amides is 2. The maximum absolute atomic E-state index is 12.0. The zero-order chi connectivity index (χ0) is 19.2. The highest BCUT2D eigenvalue weighted by Gasteiger charge is 2.21. The maximum Gasteiger partial charge on any atom is 0.410 e. The number of carbonyl (C=O) groups is 2. The molecule has 8 nitrogen and oxygen atoms in total. The van der Waals surface area contributed by atoms with Crippen LogP contribution in [-0.4, -0.2) is 59.9 Å². The molecule has 1 N–H and O–H groups in total. The van der Waals surface area contributed by atoms with E-state index in [-0.39, 0.29) is 12.5 Å². The van der Waals surface area contributed by atoms with Crippen molar-refractivity contribution in [1.29, 1.82) is 0 Å². The van der Waals surface area contributed by atoms with Gasteiger partial charge in [0.25, 0.3) is 5.91 Å². The number of rotatable bonds is 4. The summed E-state index contributed by atoms with van der Waals surface area (Å²) in [5, 5.41) is 4.20. The number of likely N-dealkylation sites (N-methyl/N-ethyl adjacent to an activating group) is 1. The molecular weight excluding hydrogens is 334 g/mol. The molecule has 2 rings (SSSR count). The fourth-order valence-corrected chi connectivity index (χ4v) is 2.49. The highest BCUT2D eigenvalue weighted by atomic mass is 16.6. The van der Waals surface area contributed by atoms with Crippen molar-refractivity contribution in [3.05, 3.63) is 24.5 Å². The molecule has 0 spiro atoms. The second kappa shape index (κ2) is 8.64. The van der Waals surface area contributed by atoms with Crippen LogP contribution >= 0.6 is 0 Å². The number of ether oxygens (including phenoxy) is 1. The SMILES string of the molecule is CN(CC(=O)NN=C1CCN(c2ccncc2)CC1)C(=O)OC(C)(C)C. The van der Waals surface area contributed by atoms with Crippen LogP contribution in [0.15, 0.2) is 29.6 Å². The molecule has 0 aromatic carbocycles. The minimum atomic E-state index is -0.592. The summed E-state index contributed by atoms with van der Waals surface area (Å²) in [5.41, 5.74) is 4.02. The molecule has 8 heteroatoms. The van der Waals surface area contributed by atoms with Crippen molar-refractivity contribution >= 4 is 23.4 Å². The van der Waals surface area contributed by atoms with E-state index < -0.39 is 11.7 Å². The number of hydrogen-bond donors (Lipinski definition) is 1. The van der Waals surface area contributed by atoms with Crippen molar-refractivity contribution in [2.45, 2.75) is 39.2 Å². The summed E-state index contributed by atoms with van der Waals surface area (Å²) < 4.78 is 5.21. The molecule has 1 aromatic rings. The third-order valence-corrected chi connectivity index (χ3v) is 3.79. The van der Waals surface area contributed by atoms with E-state index in [1.165, 1.54) is 11.9 Å². The summed E-state index contributed by atoms with van der Waals surface area (Å²) in [7, 11) is 1.52. The Balaban J connectivity index is 1.76. The molecule has 142 valence electrons. The van der Waals surface area contributed by atoms with Gasteiger partial charge in [0.15, 0.2) is 0 Å². The molecule has 1 saturated heterocycles. The van der Waals surface area contributed by atoms with Gasteiger partial charge in [-0.3, -0.25) is 9.78 Å². The number of nitrogens with zero attached hydrogens (tertiary/aromatic N) is 4. The lowest BCUT2D eigenvalue weighted by Gasteiger charge is -2.29. The fourth-order valence-electron chi connectivity index (χ4n) is 2.49. The molecule has 0 bridgehead atoms. The Bertz CT molecular complexity index is 645. The molecular formula is C18H27N5O3. The summed E-state index contributed by atoms with van der Waals surface area (Å²) >= 11 is 0. The number of carbonyl (C=O) groups excluding carboxylic acids is 2. The Morgan fingerprint density at radius 1 is 1.27 bits per heavy atom. The summed E-state index contributed by atoms with van der Waals surface area (Å²) in [5.74, 6) is -0.345. The summed E-state index contributed by atoms with van der Waals surface area (Å²) in [6, 6.07) is 3.97. The van der Waals surface area contributed by atoms with Gasteiger partial charge in [-0.2, -0.15) is 5.10 Å². The van der Waals surface area contributed by atoms with Crippen molar-refractivity contribution in [3.8, 4) is 0 Å². The van der Waals surface area contributed by atoms with Gasteiger partial charge < -0.3 is 14.5 Å². The monoisotopic (exact) mass is 361 g/mol. The number of anilines is 1. The van der Waals surface area contributed by atoms with E-state index in [4.69, 9.17) is 4.74 Å². The second-order valence-electron chi connectivity index (χ2n) is 7.24. The average molecular weight is 361 g/mol. The number of aromatic nitrogens is 1. The van der Waals surface area contributed by atoms with Crippen molar-refractivity contribution in [1.82, 2.24) is 15.3 Å². The van der Waals surface area contributed by atoms with E-state index in [1.54, 1.807) is 33.2 Å². The van der Waals surface area contributed by atoms with Crippen molar-refractivity contribution < 1.29 is 14.3 Å². The molecule has 0 atom stereocenters. The van der Waals surface area contributed by atoms with Crippen LogP contribution in [0.2, 0.25) is 0 Å². The predicted octanol–water partition coefficient (Wildman–Crippen LogP) is 2.02. The third-order valence-electron chi connectivity index (χ3n) is 3.79. The molecule has 1 fully saturated rings. The van der Waals surface area contributed by atoms with Gasteiger partial charge in [0, 0.05) is 56.8 Å². The van der Waals surface area contributed by atoms with Gasteiger partial charge in [-0.05, 0) is 32.9 Å². The van der Waals surface area contributed by atoms with E-state index in [9.17, 15) is 9.59 Å². The zero-order valence-corrected chi connectivity index (χ0v) is 15.9. The first-order valence-corrected chi connectivity index (χ1v) is 8.68. The molecule has 26 heavy (non-hydrogen) atoms. The van der Waals surface area contributed by atoms with Gasteiger partial charge in [-0.25, -0.2) is 10.2 Å². The molecule has 0 unspecified atom stereocenters. The maximum atomic E-state index is 12.0. The smallest absolute Gasteiger partial charge is 0.410 e. The number of hydrazone groups is 1. The van der Waals surface area contributed by atoms with Gasteiger partial charge in [0.1, 0.15) is 12.1 Å². The molecule has 0 aliphatic carbocycles. The van der Waals surface area contributed by atoms with Crippen LogP contribution in [0.25, 0.3) is 0 Å². The summed E-state index contributed by atoms with van der Waals surface area (Å²) in [6.45, 7) is 6.93. The molecule has 2 amide bonds. The molecule has 2 heterocycles. The Morgan fingerprint density at radius 2 is 1.88 bits per heavy atom. The molecule has 1 aromatic heterocycles. The number of piperidine rings is 1. The Morgan fingerprint density at radius 3 is 2.46 bits per heavy atom. The Labute approximate surface area is 154 Å². The predicted molar refractivity (Wildman–Crippen MR) is 100 cm³/mol. The Kier molecular flexibility index (Phi) is 6.54. The molecule has 0 saturated carbocycles. The van der Waals surface area contributed by atoms with Gasteiger partial charge in [0.05, 0.1) is 0 Å². The highest BCUT2D eigenvalue weighted by molar-refractivity contribution is 5.89. The van der Waals surface area contributed by atoms with Gasteiger partial charge >= 0.3 is 6.09 Å². The first-order valence-electron chi connectivity index (χ1n) is 8.68. The first-order chi connectivity index (χ1) is 12.2. The topological polar surface area (TPSA) is 87.1 Å². The lowest BCUT2D eigenvalue weighted by Crippen LogP contribution is -2.40. The van der Waals surface area contributed by atoms with Crippen LogP contribution in [-0.2, 0) is 9.53 Å². The van der Waals surface area contributed by atoms with Gasteiger partial charge in [-0.15, -0.1) is 0 Å². The number of hydrogen-bond acceptors (Lipinski definition) is 6. The summed E-state index contributed by atoms with van der Waals surface area (Å²) in [6.07, 6.45) is 4.58. The lowest BCUT2D eigenvalue weighted by atomic mass is 10.1. The van der Waals surface area contributed by atoms with Crippen LogP contribution in [0.5, 0.6) is 0 Å². The summed E-state index contributed by atoms with van der Waals surface area (Å²) in [4.78, 5) is 31.3. The highest BCUT2D eigenvalue weighted by Crippen LogP contribution is 2.17. The van der Waals surface area contributed by atoms with Gasteiger partial charge in [-0.1, -0.05) is 0 Å². The Hall–Kier alpha value is -2.64.